The fourth-order valence-electron chi connectivity index (χ4n) is 2.47. The molecule has 22 heavy (non-hydrogen) atoms. The van der Waals surface area contributed by atoms with E-state index in [4.69, 9.17) is 4.42 Å². The number of oxazole rings is 1. The Morgan fingerprint density at radius 2 is 1.91 bits per heavy atom. The first-order valence-corrected chi connectivity index (χ1v) is 8.24. The third kappa shape index (κ3) is 3.29. The first-order chi connectivity index (χ1) is 10.6. The predicted octanol–water partition coefficient (Wildman–Crippen LogP) is 4.65. The van der Waals surface area contributed by atoms with Crippen molar-refractivity contribution in [3.8, 4) is 10.8 Å². The minimum absolute atomic E-state index is 0.729. The number of nitrogens with zero attached hydrogens (tertiary/aromatic N) is 2. The number of rotatable bonds is 5. The smallest absolute Gasteiger partial charge is 0.236 e. The summed E-state index contributed by atoms with van der Waals surface area (Å²) in [7, 11) is 2.12. The van der Waals surface area contributed by atoms with Crippen LogP contribution in [0.25, 0.3) is 10.8 Å². The zero-order valence-electron chi connectivity index (χ0n) is 13.2. The van der Waals surface area contributed by atoms with Gasteiger partial charge in [-0.15, -0.1) is 11.3 Å². The molecule has 0 saturated carbocycles. The standard InChI is InChI=1S/C18H20N2OS/c1-13-7-4-5-8-15(13)11-20(3)12-16-14(2)21-18(19-16)17-9-6-10-22-17/h4-10H,11-12H2,1-3H3. The van der Waals surface area contributed by atoms with Gasteiger partial charge in [0.2, 0.25) is 5.89 Å². The fraction of sp³-hybridized carbons (Fsp3) is 0.278. The molecule has 0 bridgehead atoms. The van der Waals surface area contributed by atoms with Crippen LogP contribution in [0.15, 0.2) is 46.2 Å². The van der Waals surface area contributed by atoms with Crippen molar-refractivity contribution in [3.05, 3.63) is 64.4 Å². The molecular weight excluding hydrogens is 292 g/mol. The van der Waals surface area contributed by atoms with Crippen LogP contribution >= 0.6 is 11.3 Å². The second kappa shape index (κ2) is 6.46. The van der Waals surface area contributed by atoms with E-state index in [1.807, 2.05) is 24.4 Å². The highest BCUT2D eigenvalue weighted by atomic mass is 32.1. The van der Waals surface area contributed by atoms with Crippen LogP contribution < -0.4 is 0 Å². The summed E-state index contributed by atoms with van der Waals surface area (Å²) in [6, 6.07) is 12.6. The predicted molar refractivity (Wildman–Crippen MR) is 90.9 cm³/mol. The second-order valence-corrected chi connectivity index (χ2v) is 6.55. The highest BCUT2D eigenvalue weighted by molar-refractivity contribution is 7.13. The van der Waals surface area contributed by atoms with Gasteiger partial charge in [-0.1, -0.05) is 30.3 Å². The van der Waals surface area contributed by atoms with E-state index in [2.05, 4.69) is 48.1 Å². The van der Waals surface area contributed by atoms with Gasteiger partial charge in [0.15, 0.2) is 0 Å². The first kappa shape index (κ1) is 15.0. The molecule has 114 valence electrons. The van der Waals surface area contributed by atoms with Crippen LogP contribution in [0, 0.1) is 13.8 Å². The van der Waals surface area contributed by atoms with Crippen LogP contribution in [0.2, 0.25) is 0 Å². The van der Waals surface area contributed by atoms with Gasteiger partial charge in [-0.2, -0.15) is 0 Å². The van der Waals surface area contributed by atoms with Crippen LogP contribution in [0.3, 0.4) is 0 Å². The van der Waals surface area contributed by atoms with Gasteiger partial charge in [0.1, 0.15) is 5.76 Å². The molecule has 0 fully saturated rings. The maximum absolute atomic E-state index is 5.81. The summed E-state index contributed by atoms with van der Waals surface area (Å²) in [5.74, 6) is 1.63. The fourth-order valence-corrected chi connectivity index (χ4v) is 3.12. The molecule has 0 aliphatic carbocycles. The Labute approximate surface area is 135 Å². The summed E-state index contributed by atoms with van der Waals surface area (Å²) in [5.41, 5.74) is 3.69. The van der Waals surface area contributed by atoms with E-state index in [0.29, 0.717) is 0 Å². The third-order valence-corrected chi connectivity index (χ3v) is 4.60. The van der Waals surface area contributed by atoms with Crippen LogP contribution in [0.1, 0.15) is 22.6 Å². The lowest BCUT2D eigenvalue weighted by molar-refractivity contribution is 0.313. The largest absolute Gasteiger partial charge is 0.440 e. The number of thiophene rings is 1. The van der Waals surface area contributed by atoms with Crippen molar-refractivity contribution in [3.63, 3.8) is 0 Å². The number of aryl methyl sites for hydroxylation is 2. The Bertz CT molecular complexity index is 746. The first-order valence-electron chi connectivity index (χ1n) is 7.36. The minimum Gasteiger partial charge on any atom is -0.440 e. The SMILES string of the molecule is Cc1ccccc1CN(C)Cc1nc(-c2cccs2)oc1C. The summed E-state index contributed by atoms with van der Waals surface area (Å²) in [4.78, 5) is 8.01. The molecule has 0 aliphatic heterocycles. The monoisotopic (exact) mass is 312 g/mol. The molecule has 0 N–H and O–H groups in total. The summed E-state index contributed by atoms with van der Waals surface area (Å²) < 4.78 is 5.81. The zero-order valence-corrected chi connectivity index (χ0v) is 14.0. The Kier molecular flexibility index (Phi) is 4.41. The van der Waals surface area contributed by atoms with E-state index in [0.717, 1.165) is 35.3 Å². The van der Waals surface area contributed by atoms with Crippen molar-refractivity contribution in [2.75, 3.05) is 7.05 Å². The van der Waals surface area contributed by atoms with Crippen molar-refractivity contribution in [2.24, 2.45) is 0 Å². The summed E-state index contributed by atoms with van der Waals surface area (Å²) in [5, 5.41) is 2.04. The molecule has 3 aromatic rings. The van der Waals surface area contributed by atoms with Gasteiger partial charge >= 0.3 is 0 Å². The normalized spacial score (nSPS) is 11.3. The van der Waals surface area contributed by atoms with Crippen molar-refractivity contribution in [1.82, 2.24) is 9.88 Å². The van der Waals surface area contributed by atoms with E-state index >= 15 is 0 Å². The Morgan fingerprint density at radius 3 is 2.64 bits per heavy atom. The topological polar surface area (TPSA) is 29.3 Å². The number of benzene rings is 1. The van der Waals surface area contributed by atoms with Crippen LogP contribution in [-0.2, 0) is 13.1 Å². The average Bonchev–Trinajstić information content (AvgIpc) is 3.12. The molecule has 2 heterocycles. The van der Waals surface area contributed by atoms with Crippen LogP contribution in [0.5, 0.6) is 0 Å². The van der Waals surface area contributed by atoms with Crippen molar-refractivity contribution < 1.29 is 4.42 Å². The zero-order chi connectivity index (χ0) is 15.5. The van der Waals surface area contributed by atoms with E-state index < -0.39 is 0 Å². The molecule has 0 radical (unpaired) electrons. The Hall–Kier alpha value is -1.91. The summed E-state index contributed by atoms with van der Waals surface area (Å²) in [6.07, 6.45) is 0. The summed E-state index contributed by atoms with van der Waals surface area (Å²) in [6.45, 7) is 5.84. The second-order valence-electron chi connectivity index (χ2n) is 5.60. The molecule has 4 heteroatoms. The number of hydrogen-bond donors (Lipinski definition) is 0. The van der Waals surface area contributed by atoms with Gasteiger partial charge in [-0.05, 0) is 43.5 Å². The molecule has 2 aromatic heterocycles. The lowest BCUT2D eigenvalue weighted by Crippen LogP contribution is -2.18. The Morgan fingerprint density at radius 1 is 1.09 bits per heavy atom. The molecule has 0 spiro atoms. The van der Waals surface area contributed by atoms with Gasteiger partial charge < -0.3 is 4.42 Å². The highest BCUT2D eigenvalue weighted by Crippen LogP contribution is 2.26. The van der Waals surface area contributed by atoms with Gasteiger partial charge in [-0.3, -0.25) is 4.90 Å². The minimum atomic E-state index is 0.729. The van der Waals surface area contributed by atoms with E-state index in [9.17, 15) is 0 Å². The van der Waals surface area contributed by atoms with Gasteiger partial charge in [-0.25, -0.2) is 4.98 Å². The highest BCUT2D eigenvalue weighted by Gasteiger charge is 2.14. The lowest BCUT2D eigenvalue weighted by Gasteiger charge is -2.16. The van der Waals surface area contributed by atoms with E-state index in [-0.39, 0.29) is 0 Å². The molecule has 0 atom stereocenters. The molecular formula is C18H20N2OS. The van der Waals surface area contributed by atoms with Crippen molar-refractivity contribution in [1.29, 1.82) is 0 Å². The van der Waals surface area contributed by atoms with Crippen LogP contribution in [-0.4, -0.2) is 16.9 Å². The van der Waals surface area contributed by atoms with Crippen molar-refractivity contribution in [2.45, 2.75) is 26.9 Å². The Balaban J connectivity index is 1.72. The quantitative estimate of drug-likeness (QED) is 0.686. The molecule has 0 saturated heterocycles. The number of hydrogen-bond acceptors (Lipinski definition) is 4. The molecule has 1 aromatic carbocycles. The average molecular weight is 312 g/mol. The van der Waals surface area contributed by atoms with E-state index in [1.165, 1.54) is 11.1 Å². The molecule has 0 aliphatic rings. The van der Waals surface area contributed by atoms with Gasteiger partial charge in [0, 0.05) is 13.1 Å². The lowest BCUT2D eigenvalue weighted by atomic mass is 10.1. The maximum atomic E-state index is 5.81. The van der Waals surface area contributed by atoms with Gasteiger partial charge in [0.25, 0.3) is 0 Å². The third-order valence-electron chi connectivity index (χ3n) is 3.75. The van der Waals surface area contributed by atoms with E-state index in [1.54, 1.807) is 11.3 Å². The van der Waals surface area contributed by atoms with Gasteiger partial charge in [0.05, 0.1) is 10.6 Å². The number of aromatic nitrogens is 1. The molecule has 3 nitrogen and oxygen atoms in total. The molecule has 0 unspecified atom stereocenters. The summed E-state index contributed by atoms with van der Waals surface area (Å²) >= 11 is 1.65. The molecule has 3 rings (SSSR count). The van der Waals surface area contributed by atoms with Crippen LogP contribution in [0.4, 0.5) is 0 Å². The van der Waals surface area contributed by atoms with Crippen molar-refractivity contribution >= 4 is 11.3 Å². The molecule has 0 amide bonds. The maximum Gasteiger partial charge on any atom is 0.236 e.